The summed E-state index contributed by atoms with van der Waals surface area (Å²) in [6, 6.07) is 6.12. The van der Waals surface area contributed by atoms with Crippen LogP contribution in [0.5, 0.6) is 0 Å². The van der Waals surface area contributed by atoms with Gasteiger partial charge in [-0.15, -0.1) is 0 Å². The molecule has 0 aromatic carbocycles. The summed E-state index contributed by atoms with van der Waals surface area (Å²) >= 11 is 0. The predicted molar refractivity (Wildman–Crippen MR) is 97.0 cm³/mol. The van der Waals surface area contributed by atoms with Gasteiger partial charge in [0.2, 0.25) is 0 Å². The molecular formula is C19H30N4O2. The molecule has 2 fully saturated rings. The number of likely N-dealkylation sites (N-methyl/N-ethyl adjacent to an activating group) is 1. The number of pyridine rings is 1. The Hall–Kier alpha value is -1.66. The van der Waals surface area contributed by atoms with Gasteiger partial charge in [-0.2, -0.15) is 0 Å². The van der Waals surface area contributed by atoms with Crippen LogP contribution < -0.4 is 5.32 Å². The lowest BCUT2D eigenvalue weighted by Gasteiger charge is -2.37. The second-order valence-corrected chi connectivity index (χ2v) is 7.66. The van der Waals surface area contributed by atoms with Crippen LogP contribution in [0.4, 0.5) is 4.79 Å². The van der Waals surface area contributed by atoms with Crippen molar-refractivity contribution >= 4 is 6.03 Å². The zero-order chi connectivity index (χ0) is 17.8. The molecule has 2 aliphatic rings. The van der Waals surface area contributed by atoms with E-state index < -0.39 is 0 Å². The molecule has 0 bridgehead atoms. The Balaban J connectivity index is 1.43. The average Bonchev–Trinajstić information content (AvgIpc) is 3.43. The quantitative estimate of drug-likeness (QED) is 0.823. The molecule has 0 spiro atoms. The Labute approximate surface area is 150 Å². The van der Waals surface area contributed by atoms with E-state index in [1.807, 2.05) is 18.3 Å². The summed E-state index contributed by atoms with van der Waals surface area (Å²) in [6.07, 6.45) is 4.56. The molecule has 6 nitrogen and oxygen atoms in total. The minimum atomic E-state index is -0.381. The fraction of sp³-hybridized carbons (Fsp3) is 0.684. The Morgan fingerprint density at radius 3 is 2.88 bits per heavy atom. The van der Waals surface area contributed by atoms with Gasteiger partial charge in [0.1, 0.15) is 0 Å². The minimum Gasteiger partial charge on any atom is -0.391 e. The maximum absolute atomic E-state index is 12.4. The number of hydrogen-bond acceptors (Lipinski definition) is 4. The van der Waals surface area contributed by atoms with Gasteiger partial charge >= 0.3 is 6.03 Å². The first-order valence-electron chi connectivity index (χ1n) is 9.35. The molecule has 2 amide bonds. The van der Waals surface area contributed by atoms with Crippen molar-refractivity contribution in [3.8, 4) is 0 Å². The van der Waals surface area contributed by atoms with Crippen LogP contribution in [-0.2, 0) is 6.54 Å². The number of carbonyl (C=O) groups is 1. The first-order chi connectivity index (χ1) is 12.0. The second-order valence-electron chi connectivity index (χ2n) is 7.66. The fourth-order valence-corrected chi connectivity index (χ4v) is 3.57. The van der Waals surface area contributed by atoms with Crippen molar-refractivity contribution in [2.45, 2.75) is 44.9 Å². The van der Waals surface area contributed by atoms with Crippen molar-refractivity contribution in [2.24, 2.45) is 11.8 Å². The van der Waals surface area contributed by atoms with Crippen molar-refractivity contribution < 1.29 is 9.90 Å². The van der Waals surface area contributed by atoms with E-state index in [1.165, 1.54) is 0 Å². The Morgan fingerprint density at radius 1 is 1.44 bits per heavy atom. The Bertz CT molecular complexity index is 564. The van der Waals surface area contributed by atoms with Gasteiger partial charge in [-0.1, -0.05) is 13.0 Å². The van der Waals surface area contributed by atoms with Crippen molar-refractivity contribution in [1.82, 2.24) is 20.1 Å². The summed E-state index contributed by atoms with van der Waals surface area (Å²) in [5.74, 6) is 0.784. The van der Waals surface area contributed by atoms with Crippen LogP contribution in [0, 0.1) is 11.8 Å². The number of hydrogen-bond donors (Lipinski definition) is 2. The first kappa shape index (κ1) is 18.1. The third kappa shape index (κ3) is 5.16. The zero-order valence-corrected chi connectivity index (χ0v) is 15.3. The van der Waals surface area contributed by atoms with Gasteiger partial charge in [0.25, 0.3) is 0 Å². The Kier molecular flexibility index (Phi) is 5.91. The predicted octanol–water partition coefficient (Wildman–Crippen LogP) is 1.70. The lowest BCUT2D eigenvalue weighted by molar-refractivity contribution is 0.105. The van der Waals surface area contributed by atoms with E-state index in [9.17, 15) is 9.90 Å². The number of amides is 2. The fourth-order valence-electron chi connectivity index (χ4n) is 3.57. The number of urea groups is 1. The van der Waals surface area contributed by atoms with Crippen molar-refractivity contribution in [3.05, 3.63) is 30.1 Å². The highest BCUT2D eigenvalue weighted by atomic mass is 16.3. The number of carbonyl (C=O) groups excluding carboxylic acids is 1. The molecule has 2 N–H and O–H groups in total. The third-order valence-electron chi connectivity index (χ3n) is 5.38. The number of nitrogens with zero attached hydrogens (tertiary/aromatic N) is 3. The molecular weight excluding hydrogens is 316 g/mol. The van der Waals surface area contributed by atoms with E-state index >= 15 is 0 Å². The highest BCUT2D eigenvalue weighted by molar-refractivity contribution is 5.74. The standard InChI is InChI=1S/C19H30N4O2/c1-14-11-23(12-16-5-3-4-9-20-16)10-8-17(14)21-19(25)22(2)13-18(24)15-6-7-15/h3-5,9,14-15,17-18,24H,6-8,10-13H2,1-2H3,(H,21,25). The summed E-state index contributed by atoms with van der Waals surface area (Å²) in [6.45, 7) is 5.38. The van der Waals surface area contributed by atoms with Gasteiger partial charge in [0.05, 0.1) is 11.8 Å². The summed E-state index contributed by atoms with van der Waals surface area (Å²) < 4.78 is 0. The molecule has 2 heterocycles. The molecule has 3 rings (SSSR count). The average molecular weight is 346 g/mol. The second kappa shape index (κ2) is 8.15. The van der Waals surface area contributed by atoms with Crippen LogP contribution in [0.2, 0.25) is 0 Å². The molecule has 1 aliphatic heterocycles. The number of aliphatic hydroxyl groups is 1. The molecule has 3 atom stereocenters. The van der Waals surface area contributed by atoms with Crippen LogP contribution >= 0.6 is 0 Å². The summed E-state index contributed by atoms with van der Waals surface area (Å²) in [7, 11) is 1.77. The van der Waals surface area contributed by atoms with Gasteiger partial charge in [0, 0.05) is 45.5 Å². The SMILES string of the molecule is CC1CN(Cc2ccccn2)CCC1NC(=O)N(C)CC(O)C1CC1. The summed E-state index contributed by atoms with van der Waals surface area (Å²) in [5.41, 5.74) is 1.09. The molecule has 25 heavy (non-hydrogen) atoms. The van der Waals surface area contributed by atoms with Gasteiger partial charge in [0.15, 0.2) is 0 Å². The molecule has 1 saturated heterocycles. The monoisotopic (exact) mass is 346 g/mol. The van der Waals surface area contributed by atoms with Crippen molar-refractivity contribution in [1.29, 1.82) is 0 Å². The van der Waals surface area contributed by atoms with E-state index in [1.54, 1.807) is 11.9 Å². The largest absolute Gasteiger partial charge is 0.391 e. The number of likely N-dealkylation sites (tertiary alicyclic amines) is 1. The number of rotatable bonds is 6. The highest BCUT2D eigenvalue weighted by Gasteiger charge is 2.32. The summed E-state index contributed by atoms with van der Waals surface area (Å²) in [4.78, 5) is 20.8. The van der Waals surface area contributed by atoms with Gasteiger partial charge in [-0.3, -0.25) is 9.88 Å². The molecule has 1 aromatic rings. The molecule has 0 radical (unpaired) electrons. The maximum atomic E-state index is 12.4. The van der Waals surface area contributed by atoms with Crippen LogP contribution in [-0.4, -0.2) is 64.7 Å². The number of nitrogens with one attached hydrogen (secondary N) is 1. The first-order valence-corrected chi connectivity index (χ1v) is 9.35. The highest BCUT2D eigenvalue weighted by Crippen LogP contribution is 2.32. The smallest absolute Gasteiger partial charge is 0.317 e. The molecule has 1 aliphatic carbocycles. The maximum Gasteiger partial charge on any atom is 0.317 e. The topological polar surface area (TPSA) is 68.7 Å². The van der Waals surface area contributed by atoms with Gasteiger partial charge in [-0.25, -0.2) is 4.79 Å². The normalized spacial score (nSPS) is 25.4. The van der Waals surface area contributed by atoms with E-state index in [4.69, 9.17) is 0 Å². The third-order valence-corrected chi connectivity index (χ3v) is 5.38. The molecule has 1 saturated carbocycles. The molecule has 6 heteroatoms. The van der Waals surface area contributed by atoms with Gasteiger partial charge < -0.3 is 15.3 Å². The molecule has 138 valence electrons. The van der Waals surface area contributed by atoms with E-state index in [-0.39, 0.29) is 18.2 Å². The van der Waals surface area contributed by atoms with E-state index in [2.05, 4.69) is 28.2 Å². The van der Waals surface area contributed by atoms with Crippen molar-refractivity contribution in [3.63, 3.8) is 0 Å². The van der Waals surface area contributed by atoms with Crippen molar-refractivity contribution in [2.75, 3.05) is 26.7 Å². The number of aliphatic hydroxyl groups excluding tert-OH is 1. The number of piperidine rings is 1. The number of aromatic nitrogens is 1. The zero-order valence-electron chi connectivity index (χ0n) is 15.3. The van der Waals surface area contributed by atoms with E-state index in [0.717, 1.165) is 44.6 Å². The van der Waals surface area contributed by atoms with Crippen LogP contribution in [0.25, 0.3) is 0 Å². The lowest BCUT2D eigenvalue weighted by atomic mass is 9.94. The van der Waals surface area contributed by atoms with Crippen LogP contribution in [0.3, 0.4) is 0 Å². The van der Waals surface area contributed by atoms with E-state index in [0.29, 0.717) is 18.4 Å². The van der Waals surface area contributed by atoms with Gasteiger partial charge in [-0.05, 0) is 43.2 Å². The molecule has 1 aromatic heterocycles. The summed E-state index contributed by atoms with van der Waals surface area (Å²) in [5, 5.41) is 13.2. The minimum absolute atomic E-state index is 0.0743. The Morgan fingerprint density at radius 2 is 2.24 bits per heavy atom. The van der Waals surface area contributed by atoms with Crippen LogP contribution in [0.15, 0.2) is 24.4 Å². The van der Waals surface area contributed by atoms with Crippen LogP contribution in [0.1, 0.15) is 31.9 Å². The molecule has 3 unspecified atom stereocenters. The lowest BCUT2D eigenvalue weighted by Crippen LogP contribution is -2.53.